The van der Waals surface area contributed by atoms with Gasteiger partial charge in [0, 0.05) is 12.2 Å². The maximum absolute atomic E-state index is 12.5. The Bertz CT molecular complexity index is 801. The number of nitrogens with zero attached hydrogens (tertiary/aromatic N) is 1. The van der Waals surface area contributed by atoms with E-state index in [-0.39, 0.29) is 10.8 Å². The van der Waals surface area contributed by atoms with E-state index in [4.69, 9.17) is 0 Å². The summed E-state index contributed by atoms with van der Waals surface area (Å²) >= 11 is 0. The maximum Gasteiger partial charge on any atom is 0.245 e. The number of sulfonamides is 1. The van der Waals surface area contributed by atoms with Crippen molar-refractivity contribution in [2.45, 2.75) is 24.3 Å². The van der Waals surface area contributed by atoms with Gasteiger partial charge in [-0.1, -0.05) is 35.9 Å². The van der Waals surface area contributed by atoms with Crippen LogP contribution in [0.4, 0.5) is 5.69 Å². The standard InChI is InChI=1S/C17H18N2O3S/c1-13-7-9-15(10-8-13)23(21,22)18-16-11-12-19(17(16)20)14-5-3-2-4-6-14/h2-10,16,18H,11-12H2,1H3. The lowest BCUT2D eigenvalue weighted by Gasteiger charge is -2.17. The molecule has 23 heavy (non-hydrogen) atoms. The van der Waals surface area contributed by atoms with Gasteiger partial charge in [0.15, 0.2) is 0 Å². The number of carbonyl (C=O) groups excluding carboxylic acids is 1. The van der Waals surface area contributed by atoms with E-state index >= 15 is 0 Å². The summed E-state index contributed by atoms with van der Waals surface area (Å²) in [6.45, 7) is 2.39. The first kappa shape index (κ1) is 15.7. The molecule has 120 valence electrons. The molecule has 0 saturated carbocycles. The molecule has 1 N–H and O–H groups in total. The fourth-order valence-corrected chi connectivity index (χ4v) is 3.85. The highest BCUT2D eigenvalue weighted by atomic mass is 32.2. The normalized spacial score (nSPS) is 18.4. The summed E-state index contributed by atoms with van der Waals surface area (Å²) in [6, 6.07) is 15.1. The molecule has 1 aliphatic heterocycles. The monoisotopic (exact) mass is 330 g/mol. The molecule has 3 rings (SSSR count). The lowest BCUT2D eigenvalue weighted by molar-refractivity contribution is -0.118. The summed E-state index contributed by atoms with van der Waals surface area (Å²) in [4.78, 5) is 14.3. The first-order chi connectivity index (χ1) is 11.0. The average Bonchev–Trinajstić information content (AvgIpc) is 2.89. The Morgan fingerprint density at radius 1 is 1.04 bits per heavy atom. The molecule has 0 aromatic heterocycles. The lowest BCUT2D eigenvalue weighted by Crippen LogP contribution is -2.41. The fraction of sp³-hybridized carbons (Fsp3) is 0.235. The predicted octanol–water partition coefficient (Wildman–Crippen LogP) is 2.08. The number of carbonyl (C=O) groups is 1. The molecule has 1 unspecified atom stereocenters. The van der Waals surface area contributed by atoms with Crippen LogP contribution in [0.25, 0.3) is 0 Å². The lowest BCUT2D eigenvalue weighted by atomic mass is 10.2. The largest absolute Gasteiger partial charge is 0.311 e. The molecule has 1 aliphatic rings. The van der Waals surface area contributed by atoms with Crippen LogP contribution in [-0.4, -0.2) is 26.9 Å². The highest BCUT2D eigenvalue weighted by Gasteiger charge is 2.35. The molecule has 1 amide bonds. The van der Waals surface area contributed by atoms with Gasteiger partial charge in [0.05, 0.1) is 4.90 Å². The van der Waals surface area contributed by atoms with Crippen molar-refractivity contribution in [1.82, 2.24) is 4.72 Å². The number of rotatable bonds is 4. The molecule has 1 saturated heterocycles. The minimum Gasteiger partial charge on any atom is -0.311 e. The van der Waals surface area contributed by atoms with Crippen molar-refractivity contribution < 1.29 is 13.2 Å². The second kappa shape index (κ2) is 6.14. The maximum atomic E-state index is 12.5. The zero-order valence-corrected chi connectivity index (χ0v) is 13.6. The molecule has 2 aromatic rings. The Morgan fingerprint density at radius 3 is 2.35 bits per heavy atom. The molecule has 1 atom stereocenters. The molecule has 0 radical (unpaired) electrons. The van der Waals surface area contributed by atoms with E-state index in [0.29, 0.717) is 13.0 Å². The van der Waals surface area contributed by atoms with Gasteiger partial charge in [-0.2, -0.15) is 4.72 Å². The Hall–Kier alpha value is -2.18. The van der Waals surface area contributed by atoms with Gasteiger partial charge in [0.1, 0.15) is 6.04 Å². The Balaban J connectivity index is 1.76. The summed E-state index contributed by atoms with van der Waals surface area (Å²) in [7, 11) is -3.70. The van der Waals surface area contributed by atoms with E-state index in [1.807, 2.05) is 37.3 Å². The van der Waals surface area contributed by atoms with Gasteiger partial charge in [-0.05, 0) is 37.6 Å². The molecule has 2 aromatic carbocycles. The van der Waals surface area contributed by atoms with Crippen LogP contribution in [0.2, 0.25) is 0 Å². The number of hydrogen-bond acceptors (Lipinski definition) is 3. The van der Waals surface area contributed by atoms with Gasteiger partial charge in [0.25, 0.3) is 0 Å². The van der Waals surface area contributed by atoms with Crippen molar-refractivity contribution in [3.05, 3.63) is 60.2 Å². The number of anilines is 1. The zero-order chi connectivity index (χ0) is 16.4. The van der Waals surface area contributed by atoms with Crippen LogP contribution >= 0.6 is 0 Å². The molecule has 1 fully saturated rings. The molecule has 0 spiro atoms. The highest BCUT2D eigenvalue weighted by molar-refractivity contribution is 7.89. The molecule has 0 bridgehead atoms. The molecule has 1 heterocycles. The minimum atomic E-state index is -3.70. The van der Waals surface area contributed by atoms with Crippen LogP contribution < -0.4 is 9.62 Å². The Labute approximate surface area is 136 Å². The first-order valence-corrected chi connectivity index (χ1v) is 8.91. The van der Waals surface area contributed by atoms with Crippen molar-refractivity contribution in [1.29, 1.82) is 0 Å². The smallest absolute Gasteiger partial charge is 0.245 e. The van der Waals surface area contributed by atoms with Crippen molar-refractivity contribution in [3.63, 3.8) is 0 Å². The quantitative estimate of drug-likeness (QED) is 0.933. The summed E-state index contributed by atoms with van der Waals surface area (Å²) in [5, 5.41) is 0. The number of hydrogen-bond donors (Lipinski definition) is 1. The Morgan fingerprint density at radius 2 is 1.70 bits per heavy atom. The number of aryl methyl sites for hydroxylation is 1. The van der Waals surface area contributed by atoms with Crippen LogP contribution in [0, 0.1) is 6.92 Å². The average molecular weight is 330 g/mol. The summed E-state index contributed by atoms with van der Waals surface area (Å²) in [6.07, 6.45) is 0.457. The second-order valence-electron chi connectivity index (χ2n) is 5.60. The summed E-state index contributed by atoms with van der Waals surface area (Å²) < 4.78 is 27.3. The van der Waals surface area contributed by atoms with Crippen molar-refractivity contribution >= 4 is 21.6 Å². The number of amides is 1. The van der Waals surface area contributed by atoms with E-state index in [2.05, 4.69) is 4.72 Å². The summed E-state index contributed by atoms with van der Waals surface area (Å²) in [5.74, 6) is -0.216. The van der Waals surface area contributed by atoms with Gasteiger partial charge >= 0.3 is 0 Å². The van der Waals surface area contributed by atoms with E-state index in [1.165, 1.54) is 0 Å². The number of benzene rings is 2. The zero-order valence-electron chi connectivity index (χ0n) is 12.8. The van der Waals surface area contributed by atoms with Crippen LogP contribution in [0.3, 0.4) is 0 Å². The first-order valence-electron chi connectivity index (χ1n) is 7.43. The van der Waals surface area contributed by atoms with Crippen molar-refractivity contribution in [3.8, 4) is 0 Å². The fourth-order valence-electron chi connectivity index (χ4n) is 2.63. The van der Waals surface area contributed by atoms with Gasteiger partial charge in [-0.3, -0.25) is 4.79 Å². The third-order valence-corrected chi connectivity index (χ3v) is 5.39. The van der Waals surface area contributed by atoms with Gasteiger partial charge in [-0.15, -0.1) is 0 Å². The van der Waals surface area contributed by atoms with Gasteiger partial charge in [-0.25, -0.2) is 8.42 Å². The van der Waals surface area contributed by atoms with Gasteiger partial charge in [0.2, 0.25) is 15.9 Å². The molecule has 5 nitrogen and oxygen atoms in total. The SMILES string of the molecule is Cc1ccc(S(=O)(=O)NC2CCN(c3ccccc3)C2=O)cc1. The van der Waals surface area contributed by atoms with Gasteiger partial charge < -0.3 is 4.90 Å². The Kier molecular flexibility index (Phi) is 4.19. The molecular weight excluding hydrogens is 312 g/mol. The van der Waals surface area contributed by atoms with E-state index < -0.39 is 16.1 Å². The van der Waals surface area contributed by atoms with Crippen molar-refractivity contribution in [2.75, 3.05) is 11.4 Å². The highest BCUT2D eigenvalue weighted by Crippen LogP contribution is 2.22. The number of para-hydroxylation sites is 1. The topological polar surface area (TPSA) is 66.5 Å². The molecule has 0 aliphatic carbocycles. The number of nitrogens with one attached hydrogen (secondary N) is 1. The van der Waals surface area contributed by atoms with Crippen LogP contribution in [-0.2, 0) is 14.8 Å². The molecular formula is C17H18N2O3S. The van der Waals surface area contributed by atoms with Crippen LogP contribution in [0.5, 0.6) is 0 Å². The van der Waals surface area contributed by atoms with Crippen LogP contribution in [0.1, 0.15) is 12.0 Å². The van der Waals surface area contributed by atoms with E-state index in [9.17, 15) is 13.2 Å². The van der Waals surface area contributed by atoms with Crippen molar-refractivity contribution in [2.24, 2.45) is 0 Å². The second-order valence-corrected chi connectivity index (χ2v) is 7.32. The van der Waals surface area contributed by atoms with E-state index in [1.54, 1.807) is 29.2 Å². The predicted molar refractivity (Wildman–Crippen MR) is 88.7 cm³/mol. The van der Waals surface area contributed by atoms with Crippen LogP contribution in [0.15, 0.2) is 59.5 Å². The minimum absolute atomic E-state index is 0.175. The van der Waals surface area contributed by atoms with E-state index in [0.717, 1.165) is 11.3 Å². The third-order valence-electron chi connectivity index (χ3n) is 3.90. The molecule has 6 heteroatoms. The third kappa shape index (κ3) is 3.28. The summed E-state index contributed by atoms with van der Waals surface area (Å²) in [5.41, 5.74) is 1.77.